The van der Waals surface area contributed by atoms with E-state index in [0.717, 1.165) is 16.3 Å². The fourth-order valence-corrected chi connectivity index (χ4v) is 5.40. The topological polar surface area (TPSA) is 95.6 Å². The van der Waals surface area contributed by atoms with Gasteiger partial charge < -0.3 is 5.32 Å². The van der Waals surface area contributed by atoms with Crippen LogP contribution in [0.15, 0.2) is 83.8 Å². The van der Waals surface area contributed by atoms with Crippen LogP contribution in [0.4, 0.5) is 17.1 Å². The summed E-state index contributed by atoms with van der Waals surface area (Å²) >= 11 is 5.98. The van der Waals surface area contributed by atoms with Crippen LogP contribution in [0.3, 0.4) is 0 Å². The van der Waals surface area contributed by atoms with Crippen LogP contribution < -0.4 is 14.9 Å². The van der Waals surface area contributed by atoms with Gasteiger partial charge in [-0.2, -0.15) is 0 Å². The minimum absolute atomic E-state index is 0.0340. The highest BCUT2D eigenvalue weighted by Crippen LogP contribution is 2.37. The predicted octanol–water partition coefficient (Wildman–Crippen LogP) is 5.20. The van der Waals surface area contributed by atoms with Crippen LogP contribution in [0.1, 0.15) is 15.9 Å². The molecule has 9 heteroatoms. The Hall–Kier alpha value is -3.88. The van der Waals surface area contributed by atoms with Gasteiger partial charge in [-0.3, -0.25) is 19.2 Å². The SMILES string of the molecule is Cc1ccc(Cl)cc1NS(=O)(=O)c1ccc(NC(=O)CN2C(=O)c3cccc4cccc2c34)cc1. The molecule has 1 aliphatic heterocycles. The van der Waals surface area contributed by atoms with Crippen LogP contribution in [-0.2, 0) is 14.8 Å². The van der Waals surface area contributed by atoms with E-state index in [1.807, 2.05) is 30.3 Å². The van der Waals surface area contributed by atoms with E-state index in [4.69, 9.17) is 11.6 Å². The molecule has 35 heavy (non-hydrogen) atoms. The molecule has 0 radical (unpaired) electrons. The van der Waals surface area contributed by atoms with Crippen LogP contribution in [0.25, 0.3) is 10.8 Å². The molecule has 176 valence electrons. The molecule has 0 atom stereocenters. The molecule has 0 unspecified atom stereocenters. The monoisotopic (exact) mass is 505 g/mol. The Kier molecular flexibility index (Phi) is 5.70. The molecule has 2 amide bonds. The lowest BCUT2D eigenvalue weighted by molar-refractivity contribution is -0.114. The number of benzene rings is 4. The van der Waals surface area contributed by atoms with Crippen molar-refractivity contribution in [2.24, 2.45) is 0 Å². The summed E-state index contributed by atoms with van der Waals surface area (Å²) in [7, 11) is -3.85. The number of hydrogen-bond donors (Lipinski definition) is 2. The molecule has 0 aromatic heterocycles. The molecular weight excluding hydrogens is 486 g/mol. The van der Waals surface area contributed by atoms with Gasteiger partial charge in [-0.25, -0.2) is 8.42 Å². The van der Waals surface area contributed by atoms with E-state index in [-0.39, 0.29) is 17.3 Å². The van der Waals surface area contributed by atoms with Crippen LogP contribution in [0.5, 0.6) is 0 Å². The number of sulfonamides is 1. The van der Waals surface area contributed by atoms with E-state index in [1.54, 1.807) is 31.2 Å². The quantitative estimate of drug-likeness (QED) is 0.376. The number of hydrogen-bond acceptors (Lipinski definition) is 4. The maximum Gasteiger partial charge on any atom is 0.261 e. The zero-order chi connectivity index (χ0) is 24.7. The van der Waals surface area contributed by atoms with E-state index in [2.05, 4.69) is 10.0 Å². The molecule has 4 aromatic carbocycles. The third-order valence-corrected chi connectivity index (χ3v) is 7.46. The van der Waals surface area contributed by atoms with Gasteiger partial charge in [-0.1, -0.05) is 41.9 Å². The van der Waals surface area contributed by atoms with Gasteiger partial charge in [0.2, 0.25) is 5.91 Å². The highest BCUT2D eigenvalue weighted by Gasteiger charge is 2.30. The van der Waals surface area contributed by atoms with Crippen LogP contribution >= 0.6 is 11.6 Å². The number of rotatable bonds is 6. The van der Waals surface area contributed by atoms with E-state index < -0.39 is 15.9 Å². The lowest BCUT2D eigenvalue weighted by Gasteiger charge is -2.17. The Morgan fingerprint density at radius 1 is 0.971 bits per heavy atom. The molecule has 7 nitrogen and oxygen atoms in total. The fraction of sp³-hybridized carbons (Fsp3) is 0.0769. The number of nitrogens with zero attached hydrogens (tertiary/aromatic N) is 1. The van der Waals surface area contributed by atoms with Crippen molar-refractivity contribution in [2.45, 2.75) is 11.8 Å². The third kappa shape index (κ3) is 4.34. The lowest BCUT2D eigenvalue weighted by atomic mass is 10.1. The second kappa shape index (κ2) is 8.72. The Morgan fingerprint density at radius 2 is 1.69 bits per heavy atom. The fourth-order valence-electron chi connectivity index (χ4n) is 4.11. The molecule has 2 N–H and O–H groups in total. The van der Waals surface area contributed by atoms with Crippen molar-refractivity contribution < 1.29 is 18.0 Å². The van der Waals surface area contributed by atoms with E-state index in [1.165, 1.54) is 29.2 Å². The largest absolute Gasteiger partial charge is 0.325 e. The first-order valence-corrected chi connectivity index (χ1v) is 12.6. The predicted molar refractivity (Wildman–Crippen MR) is 138 cm³/mol. The summed E-state index contributed by atoms with van der Waals surface area (Å²) in [5, 5.41) is 4.92. The maximum absolute atomic E-state index is 12.9. The highest BCUT2D eigenvalue weighted by atomic mass is 35.5. The van der Waals surface area contributed by atoms with Crippen molar-refractivity contribution in [1.29, 1.82) is 0 Å². The Labute approximate surface area is 207 Å². The number of carbonyl (C=O) groups excluding carboxylic acids is 2. The summed E-state index contributed by atoms with van der Waals surface area (Å²) in [5.74, 6) is -0.623. The average Bonchev–Trinajstić information content (AvgIpc) is 3.09. The molecule has 0 saturated heterocycles. The van der Waals surface area contributed by atoms with Gasteiger partial charge in [0.15, 0.2) is 0 Å². The second-order valence-corrected chi connectivity index (χ2v) is 10.3. The number of nitrogens with one attached hydrogen (secondary N) is 2. The average molecular weight is 506 g/mol. The lowest BCUT2D eigenvalue weighted by Crippen LogP contribution is -2.35. The molecule has 0 saturated carbocycles. The van der Waals surface area contributed by atoms with Crippen LogP contribution in [-0.4, -0.2) is 26.8 Å². The molecule has 0 bridgehead atoms. The number of anilines is 3. The van der Waals surface area contributed by atoms with Crippen molar-refractivity contribution in [1.82, 2.24) is 0 Å². The number of carbonyl (C=O) groups is 2. The van der Waals surface area contributed by atoms with Gasteiger partial charge in [-0.05, 0) is 66.4 Å². The van der Waals surface area contributed by atoms with Gasteiger partial charge in [-0.15, -0.1) is 0 Å². The van der Waals surface area contributed by atoms with Gasteiger partial charge in [0, 0.05) is 21.7 Å². The van der Waals surface area contributed by atoms with Crippen molar-refractivity contribution in [2.75, 3.05) is 21.5 Å². The number of aryl methyl sites for hydroxylation is 1. The summed E-state index contributed by atoms with van der Waals surface area (Å²) in [6, 6.07) is 21.8. The first-order chi connectivity index (χ1) is 16.7. The molecule has 1 aliphatic rings. The molecule has 5 rings (SSSR count). The van der Waals surface area contributed by atoms with Gasteiger partial charge in [0.05, 0.1) is 16.3 Å². The molecule has 0 fully saturated rings. The molecule has 0 spiro atoms. The zero-order valence-corrected chi connectivity index (χ0v) is 20.2. The summed E-state index contributed by atoms with van der Waals surface area (Å²) in [6.45, 7) is 1.61. The summed E-state index contributed by atoms with van der Waals surface area (Å²) in [4.78, 5) is 27.1. The van der Waals surface area contributed by atoms with Gasteiger partial charge in [0.25, 0.3) is 15.9 Å². The minimum Gasteiger partial charge on any atom is -0.325 e. The van der Waals surface area contributed by atoms with E-state index in [9.17, 15) is 18.0 Å². The van der Waals surface area contributed by atoms with Gasteiger partial charge in [0.1, 0.15) is 6.54 Å². The van der Waals surface area contributed by atoms with E-state index in [0.29, 0.717) is 27.6 Å². The van der Waals surface area contributed by atoms with Crippen molar-refractivity contribution >= 4 is 61.3 Å². The van der Waals surface area contributed by atoms with E-state index >= 15 is 0 Å². The normalized spacial score (nSPS) is 12.7. The summed E-state index contributed by atoms with van der Waals surface area (Å²) < 4.78 is 28.1. The molecular formula is C26H20ClN3O4S. The Bertz CT molecular complexity index is 1600. The third-order valence-electron chi connectivity index (χ3n) is 5.84. The van der Waals surface area contributed by atoms with Crippen LogP contribution in [0, 0.1) is 6.92 Å². The number of amides is 2. The maximum atomic E-state index is 12.9. The number of halogens is 1. The minimum atomic E-state index is -3.85. The first kappa shape index (κ1) is 22.9. The molecule has 4 aromatic rings. The summed E-state index contributed by atoms with van der Waals surface area (Å²) in [5.41, 5.74) is 2.80. The smallest absolute Gasteiger partial charge is 0.261 e. The first-order valence-electron chi connectivity index (χ1n) is 10.8. The molecule has 0 aliphatic carbocycles. The van der Waals surface area contributed by atoms with Gasteiger partial charge >= 0.3 is 0 Å². The Balaban J connectivity index is 1.29. The van der Waals surface area contributed by atoms with Crippen molar-refractivity contribution in [3.63, 3.8) is 0 Å². The second-order valence-electron chi connectivity index (χ2n) is 8.21. The van der Waals surface area contributed by atoms with Crippen molar-refractivity contribution in [3.8, 4) is 0 Å². The Morgan fingerprint density at radius 3 is 2.43 bits per heavy atom. The van der Waals surface area contributed by atoms with Crippen LogP contribution in [0.2, 0.25) is 5.02 Å². The van der Waals surface area contributed by atoms with Crippen molar-refractivity contribution in [3.05, 3.63) is 95.0 Å². The molecule has 1 heterocycles. The summed E-state index contributed by atoms with van der Waals surface area (Å²) in [6.07, 6.45) is 0. The highest BCUT2D eigenvalue weighted by molar-refractivity contribution is 7.92. The standard InChI is InChI=1S/C26H20ClN3O4S/c1-16-8-9-18(27)14-22(16)29-35(33,34)20-12-10-19(11-13-20)28-24(31)15-30-23-7-3-5-17-4-2-6-21(25(17)23)26(30)32/h2-14,29H,15H2,1H3,(H,28,31). The zero-order valence-electron chi connectivity index (χ0n) is 18.6.